The van der Waals surface area contributed by atoms with Crippen molar-refractivity contribution in [3.05, 3.63) is 160 Å². The summed E-state index contributed by atoms with van der Waals surface area (Å²) in [4.78, 5) is 51.3. The zero-order valence-corrected chi connectivity index (χ0v) is 31.2. The third kappa shape index (κ3) is 13.3. The molecule has 0 aliphatic heterocycles. The normalized spacial score (nSPS) is 12.8. The van der Waals surface area contributed by atoms with Crippen molar-refractivity contribution in [3.8, 4) is 0 Å². The summed E-state index contributed by atoms with van der Waals surface area (Å²) in [7, 11) is 2.93. The van der Waals surface area contributed by atoms with Crippen LogP contribution in [0.3, 0.4) is 0 Å². The number of hydrogen-bond donors (Lipinski definition) is 4. The molecule has 56 heavy (non-hydrogen) atoms. The highest BCUT2D eigenvalue weighted by atomic mass is 33.1. The van der Waals surface area contributed by atoms with Crippen LogP contribution in [0, 0.1) is 20.2 Å². The average molecular weight is 801 g/mol. The van der Waals surface area contributed by atoms with Gasteiger partial charge in [-0.15, -0.1) is 0 Å². The van der Waals surface area contributed by atoms with Crippen LogP contribution >= 0.6 is 21.6 Å². The third-order valence-corrected chi connectivity index (χ3v) is 10.7. The maximum Gasteiger partial charge on any atom is 0.269 e. The van der Waals surface area contributed by atoms with Crippen molar-refractivity contribution in [3.63, 3.8) is 0 Å². The van der Waals surface area contributed by atoms with Gasteiger partial charge < -0.3 is 20.8 Å². The highest BCUT2D eigenvalue weighted by Gasteiger charge is 2.23. The van der Waals surface area contributed by atoms with Gasteiger partial charge in [-0.2, -0.15) is 0 Å². The van der Waals surface area contributed by atoms with E-state index in [-0.39, 0.29) is 48.9 Å². The first kappa shape index (κ1) is 42.6. The molecule has 4 unspecified atom stereocenters. The van der Waals surface area contributed by atoms with Gasteiger partial charge in [-0.25, -0.2) is 0 Å². The molecule has 4 aromatic rings. The summed E-state index contributed by atoms with van der Waals surface area (Å²) < 4.78 is 0. The Bertz CT molecular complexity index is 1910. The first-order valence-corrected chi connectivity index (χ1v) is 19.4. The lowest BCUT2D eigenvalue weighted by molar-refractivity contribution is -0.385. The van der Waals surface area contributed by atoms with Crippen LogP contribution in [-0.2, 0) is 22.4 Å². The van der Waals surface area contributed by atoms with Gasteiger partial charge in [-0.1, -0.05) is 80.3 Å². The molecule has 0 saturated heterocycles. The quantitative estimate of drug-likeness (QED) is 0.0119. The van der Waals surface area contributed by atoms with E-state index in [9.17, 15) is 40.0 Å². The Labute approximate surface area is 327 Å². The summed E-state index contributed by atoms with van der Waals surface area (Å²) in [5, 5.41) is 56.4. The number of hydrogen-bond acceptors (Lipinski definition) is 12. The molecule has 4 N–H and O–H groups in total. The summed E-state index contributed by atoms with van der Waals surface area (Å²) in [6.07, 6.45) is -1.45. The Hall–Kier alpha value is -6.14. The summed E-state index contributed by atoms with van der Waals surface area (Å²) in [6, 6.07) is 22.6. The van der Waals surface area contributed by atoms with Crippen LogP contribution in [0.2, 0.25) is 0 Å². The zero-order valence-electron chi connectivity index (χ0n) is 29.5. The van der Waals surface area contributed by atoms with Crippen LogP contribution in [0.15, 0.2) is 107 Å². The molecule has 0 aliphatic carbocycles. The van der Waals surface area contributed by atoms with Gasteiger partial charge in [0, 0.05) is 69.8 Å². The molecule has 0 saturated carbocycles. The fraction of sp³-hybridized carbons (Fsp3) is 0.278. The fourth-order valence-electron chi connectivity index (χ4n) is 5.42. The third-order valence-electron chi connectivity index (χ3n) is 8.25. The summed E-state index contributed by atoms with van der Waals surface area (Å²) in [5.41, 5.74) is 21.2. The second kappa shape index (κ2) is 21.7. The molecule has 4 aromatic carbocycles. The van der Waals surface area contributed by atoms with Crippen LogP contribution in [-0.4, -0.2) is 55.6 Å². The smallest absolute Gasteiger partial charge is 0.269 e. The first-order valence-electron chi connectivity index (χ1n) is 16.9. The predicted molar refractivity (Wildman–Crippen MR) is 214 cm³/mol. The minimum atomic E-state index is -1.10. The Kier molecular flexibility index (Phi) is 16.5. The molecule has 0 heterocycles. The largest absolute Gasteiger partial charge is 0.392 e. The molecule has 0 aromatic heterocycles. The number of benzene rings is 4. The zero-order chi connectivity index (χ0) is 40.5. The van der Waals surface area contributed by atoms with Gasteiger partial charge in [0.1, 0.15) is 0 Å². The predicted octanol–water partition coefficient (Wildman–Crippen LogP) is 8.15. The highest BCUT2D eigenvalue weighted by Crippen LogP contribution is 2.29. The van der Waals surface area contributed by atoms with E-state index in [1.54, 1.807) is 48.5 Å². The highest BCUT2D eigenvalue weighted by molar-refractivity contribution is 8.76. The molecular weight excluding hydrogens is 765 g/mol. The summed E-state index contributed by atoms with van der Waals surface area (Å²) >= 11 is 0. The number of carbonyl (C=O) groups is 2. The van der Waals surface area contributed by atoms with Crippen molar-refractivity contribution in [2.45, 2.75) is 50.0 Å². The number of rotatable bonds is 21. The second-order valence-electron chi connectivity index (χ2n) is 12.2. The van der Waals surface area contributed by atoms with E-state index in [2.05, 4.69) is 30.7 Å². The average Bonchev–Trinajstić information content (AvgIpc) is 3.18. The summed E-state index contributed by atoms with van der Waals surface area (Å²) in [6.45, 7) is 0. The molecule has 0 aliphatic rings. The topological polar surface area (TPSA) is 282 Å². The number of anilines is 2. The Morgan fingerprint density at radius 3 is 1.27 bits per heavy atom. The molecule has 4 rings (SSSR count). The van der Waals surface area contributed by atoms with E-state index in [0.717, 1.165) is 11.1 Å². The van der Waals surface area contributed by atoms with Crippen LogP contribution in [0.4, 0.5) is 22.7 Å². The van der Waals surface area contributed by atoms with Crippen LogP contribution in [0.1, 0.15) is 47.2 Å². The maximum absolute atomic E-state index is 12.5. The van der Waals surface area contributed by atoms with E-state index in [1.807, 2.05) is 0 Å². The molecule has 18 nitrogen and oxygen atoms in total. The number of azide groups is 2. The standard InChI is InChI=1S/C36H36N10O8S2/c37-43-41-35(25-5-13-29(14-6-25)45(51)52)31(47)21-23-1-9-27(10-2-23)39-33(49)17-19-55-56-20-18-34(50)40-28-11-3-24(4-12-28)22-32(48)36(42-44-38)26-7-15-30(16-8-26)46(53)54/h1-16,31-32,35-36,47-48H,17-22H2,(H,39,49)(H,40,50). The van der Waals surface area contributed by atoms with E-state index in [1.165, 1.54) is 70.1 Å². The molecule has 0 fully saturated rings. The molecule has 0 bridgehead atoms. The van der Waals surface area contributed by atoms with Crippen LogP contribution < -0.4 is 10.6 Å². The van der Waals surface area contributed by atoms with Gasteiger partial charge in [-0.05, 0) is 70.4 Å². The molecule has 4 atom stereocenters. The lowest BCUT2D eigenvalue weighted by Crippen LogP contribution is -2.19. The number of nitrogens with zero attached hydrogens (tertiary/aromatic N) is 8. The van der Waals surface area contributed by atoms with Crippen LogP contribution in [0.5, 0.6) is 0 Å². The van der Waals surface area contributed by atoms with Crippen molar-refractivity contribution < 1.29 is 29.6 Å². The van der Waals surface area contributed by atoms with Gasteiger partial charge in [0.15, 0.2) is 0 Å². The molecule has 20 heteroatoms. The Morgan fingerprint density at radius 2 is 0.964 bits per heavy atom. The maximum atomic E-state index is 12.5. The SMILES string of the molecule is [N-]=[N+]=NC(c1ccc([N+](=O)[O-])cc1)C(O)Cc1ccc(NC(=O)CCSSCCC(=O)Nc2ccc(CC(O)C(N=[N+]=[N-])c3ccc([N+](=O)[O-])cc3)cc2)cc1. The molecular formula is C36H36N10O8S2. The van der Waals surface area contributed by atoms with Gasteiger partial charge in [0.25, 0.3) is 11.4 Å². The Balaban J connectivity index is 1.12. The lowest BCUT2D eigenvalue weighted by Gasteiger charge is -2.19. The van der Waals surface area contributed by atoms with Gasteiger partial charge in [0.05, 0.1) is 34.1 Å². The van der Waals surface area contributed by atoms with Crippen molar-refractivity contribution in [1.29, 1.82) is 0 Å². The number of nitro groups is 2. The lowest BCUT2D eigenvalue weighted by atomic mass is 9.96. The van der Waals surface area contributed by atoms with Gasteiger partial charge in [-0.3, -0.25) is 29.8 Å². The minimum absolute atomic E-state index is 0.123. The van der Waals surface area contributed by atoms with Crippen LogP contribution in [0.25, 0.3) is 20.9 Å². The van der Waals surface area contributed by atoms with Crippen molar-refractivity contribution in [2.75, 3.05) is 22.1 Å². The van der Waals surface area contributed by atoms with E-state index >= 15 is 0 Å². The van der Waals surface area contributed by atoms with Crippen molar-refractivity contribution in [1.82, 2.24) is 0 Å². The molecule has 290 valence electrons. The number of aliphatic hydroxyl groups is 2. The molecule has 0 radical (unpaired) electrons. The number of amides is 2. The second-order valence-corrected chi connectivity index (χ2v) is 14.9. The van der Waals surface area contributed by atoms with Gasteiger partial charge >= 0.3 is 0 Å². The van der Waals surface area contributed by atoms with E-state index < -0.39 is 34.1 Å². The summed E-state index contributed by atoms with van der Waals surface area (Å²) in [5.74, 6) is 0.648. The number of nitro benzene ring substituents is 2. The number of non-ortho nitro benzene ring substituents is 2. The Morgan fingerprint density at radius 1 is 0.625 bits per heavy atom. The van der Waals surface area contributed by atoms with E-state index in [4.69, 9.17) is 11.1 Å². The van der Waals surface area contributed by atoms with Crippen molar-refractivity contribution in [2.24, 2.45) is 10.2 Å². The number of aliphatic hydroxyl groups excluding tert-OH is 2. The fourth-order valence-corrected chi connectivity index (χ4v) is 7.40. The first-order chi connectivity index (χ1) is 27.0. The van der Waals surface area contributed by atoms with Crippen molar-refractivity contribution >= 4 is 56.2 Å². The number of carbonyl (C=O) groups excluding carboxylic acids is 2. The monoisotopic (exact) mass is 800 g/mol. The molecule has 0 spiro atoms. The van der Waals surface area contributed by atoms with E-state index in [0.29, 0.717) is 34.0 Å². The minimum Gasteiger partial charge on any atom is -0.392 e. The van der Waals surface area contributed by atoms with Gasteiger partial charge in [0.2, 0.25) is 11.8 Å². The molecule has 2 amide bonds. The number of nitrogens with one attached hydrogen (secondary N) is 2.